The molecule has 0 amide bonds. The normalized spacial score (nSPS) is 18.4. The number of ketones is 1. The Kier molecular flexibility index (Phi) is 6.89. The van der Waals surface area contributed by atoms with Gasteiger partial charge in [0, 0.05) is 24.7 Å². The highest BCUT2D eigenvalue weighted by molar-refractivity contribution is 6.03. The maximum absolute atomic E-state index is 12.7. The molecule has 0 aliphatic carbocycles. The summed E-state index contributed by atoms with van der Waals surface area (Å²) in [7, 11) is 1.68. The van der Waals surface area contributed by atoms with Crippen LogP contribution in [0.5, 0.6) is 5.75 Å². The Balaban J connectivity index is 1.31. The topological polar surface area (TPSA) is 69.0 Å². The Labute approximate surface area is 212 Å². The molecule has 0 radical (unpaired) electrons. The van der Waals surface area contributed by atoms with Gasteiger partial charge in [0.15, 0.2) is 11.6 Å². The maximum Gasteiger partial charge on any atom is 0.171 e. The van der Waals surface area contributed by atoms with E-state index in [1.807, 2.05) is 61.0 Å². The molecule has 0 spiro atoms. The number of nitrogens with zero attached hydrogens (tertiary/aromatic N) is 4. The van der Waals surface area contributed by atoms with Crippen LogP contribution in [-0.2, 0) is 4.84 Å². The lowest BCUT2D eigenvalue weighted by Gasteiger charge is -2.40. The number of ether oxygens (including phenoxy) is 1. The Bertz CT molecular complexity index is 1310. The van der Waals surface area contributed by atoms with Gasteiger partial charge in [-0.3, -0.25) is 4.79 Å². The van der Waals surface area contributed by atoms with E-state index in [1.54, 1.807) is 13.4 Å². The van der Waals surface area contributed by atoms with Gasteiger partial charge in [-0.15, -0.1) is 0 Å². The molecule has 1 fully saturated rings. The van der Waals surface area contributed by atoms with E-state index in [2.05, 4.69) is 27.2 Å². The molecule has 0 saturated carbocycles. The number of benzene rings is 2. The highest BCUT2D eigenvalue weighted by atomic mass is 16.6. The first kappa shape index (κ1) is 23.9. The van der Waals surface area contributed by atoms with Crippen LogP contribution in [0.15, 0.2) is 65.7 Å². The van der Waals surface area contributed by atoms with E-state index in [0.29, 0.717) is 13.0 Å². The van der Waals surface area contributed by atoms with E-state index in [4.69, 9.17) is 9.57 Å². The van der Waals surface area contributed by atoms with Gasteiger partial charge in [-0.2, -0.15) is 0 Å². The first-order valence-corrected chi connectivity index (χ1v) is 12.5. The number of hydrogen-bond acceptors (Lipinski definition) is 6. The summed E-state index contributed by atoms with van der Waals surface area (Å²) in [6.45, 7) is 5.42. The standard InChI is InChI=1S/C29H32N4O3/c1-20-6-9-23(10-7-20)27(34)13-11-25-18-36-31-29-24(5-4-14-33(25)29)15-22-8-12-26(28(16-22)35-3)32-17-21(2)30-19-32/h6-10,12,15-17,19,25H,4-5,11,13-14,18H2,1-3H3/b24-15+/t25-/m0/s1. The average Bonchev–Trinajstić information content (AvgIpc) is 3.33. The molecule has 2 aliphatic heterocycles. The SMILES string of the molecule is COc1cc(/C=C2\CCCN3C2=NOC[C@@H]3CCC(=O)c2ccc(C)cc2)ccc1-n1cnc(C)c1. The minimum atomic E-state index is 0.136. The fourth-order valence-corrected chi connectivity index (χ4v) is 4.89. The number of rotatable bonds is 7. The maximum atomic E-state index is 12.7. The van der Waals surface area contributed by atoms with Gasteiger partial charge < -0.3 is 19.0 Å². The molecule has 3 heterocycles. The largest absolute Gasteiger partial charge is 0.495 e. The Hall–Kier alpha value is -3.87. The van der Waals surface area contributed by atoms with Gasteiger partial charge in [-0.1, -0.05) is 41.1 Å². The second-order valence-electron chi connectivity index (χ2n) is 9.51. The molecular weight excluding hydrogens is 452 g/mol. The minimum Gasteiger partial charge on any atom is -0.495 e. The summed E-state index contributed by atoms with van der Waals surface area (Å²) in [6, 6.07) is 14.1. The number of Topliss-reactive ketones (excluding diaryl/α,β-unsaturated/α-hetero) is 1. The predicted molar refractivity (Wildman–Crippen MR) is 141 cm³/mol. The molecule has 36 heavy (non-hydrogen) atoms. The molecule has 2 aliphatic rings. The fourth-order valence-electron chi connectivity index (χ4n) is 4.89. The summed E-state index contributed by atoms with van der Waals surface area (Å²) in [5.41, 5.74) is 6.02. The van der Waals surface area contributed by atoms with Crippen LogP contribution in [0.2, 0.25) is 0 Å². The average molecular weight is 485 g/mol. The Morgan fingerprint density at radius 2 is 2.03 bits per heavy atom. The zero-order chi connectivity index (χ0) is 25.1. The van der Waals surface area contributed by atoms with Crippen LogP contribution in [0.4, 0.5) is 0 Å². The van der Waals surface area contributed by atoms with Crippen molar-refractivity contribution >= 4 is 17.7 Å². The van der Waals surface area contributed by atoms with E-state index in [1.165, 1.54) is 0 Å². The van der Waals surface area contributed by atoms with Crippen molar-refractivity contribution < 1.29 is 14.4 Å². The summed E-state index contributed by atoms with van der Waals surface area (Å²) in [5.74, 6) is 1.84. The highest BCUT2D eigenvalue weighted by Gasteiger charge is 2.32. The van der Waals surface area contributed by atoms with Gasteiger partial charge >= 0.3 is 0 Å². The van der Waals surface area contributed by atoms with Crippen molar-refractivity contribution in [3.05, 3.63) is 82.9 Å². The molecule has 3 aromatic rings. The van der Waals surface area contributed by atoms with E-state index in [0.717, 1.165) is 71.0 Å². The summed E-state index contributed by atoms with van der Waals surface area (Å²) < 4.78 is 7.65. The lowest BCUT2D eigenvalue weighted by Crippen LogP contribution is -2.49. The second-order valence-corrected chi connectivity index (χ2v) is 9.51. The minimum absolute atomic E-state index is 0.136. The monoisotopic (exact) mass is 484 g/mol. The van der Waals surface area contributed by atoms with Gasteiger partial charge in [0.1, 0.15) is 12.4 Å². The molecular formula is C29H32N4O3. The molecule has 2 aromatic carbocycles. The number of fused-ring (bicyclic) bond motifs is 1. The lowest BCUT2D eigenvalue weighted by molar-refractivity contribution is 0.0528. The van der Waals surface area contributed by atoms with Crippen molar-refractivity contribution in [3.63, 3.8) is 0 Å². The number of hydrogen-bond donors (Lipinski definition) is 0. The van der Waals surface area contributed by atoms with Gasteiger partial charge in [0.25, 0.3) is 0 Å². The summed E-state index contributed by atoms with van der Waals surface area (Å²) in [5, 5.41) is 4.43. The predicted octanol–water partition coefficient (Wildman–Crippen LogP) is 5.35. The van der Waals surface area contributed by atoms with Crippen molar-refractivity contribution in [2.24, 2.45) is 5.16 Å². The van der Waals surface area contributed by atoms with E-state index in [9.17, 15) is 4.79 Å². The highest BCUT2D eigenvalue weighted by Crippen LogP contribution is 2.30. The molecule has 0 bridgehead atoms. The molecule has 0 N–H and O–H groups in total. The number of carbonyl (C=O) groups is 1. The number of methoxy groups -OCH3 is 1. The van der Waals surface area contributed by atoms with Crippen molar-refractivity contribution in [3.8, 4) is 11.4 Å². The summed E-state index contributed by atoms with van der Waals surface area (Å²) in [4.78, 5) is 25.0. The van der Waals surface area contributed by atoms with Crippen LogP contribution in [0.1, 0.15) is 52.9 Å². The van der Waals surface area contributed by atoms with Crippen LogP contribution in [-0.4, -0.2) is 52.4 Å². The zero-order valence-electron chi connectivity index (χ0n) is 21.1. The molecule has 0 unspecified atom stereocenters. The van der Waals surface area contributed by atoms with Crippen LogP contribution in [0.3, 0.4) is 0 Å². The summed E-state index contributed by atoms with van der Waals surface area (Å²) in [6.07, 6.45) is 9.14. The molecule has 1 saturated heterocycles. The Morgan fingerprint density at radius 1 is 1.19 bits per heavy atom. The number of piperidine rings is 1. The molecule has 1 aromatic heterocycles. The molecule has 7 nitrogen and oxygen atoms in total. The zero-order valence-corrected chi connectivity index (χ0v) is 21.1. The number of aryl methyl sites for hydroxylation is 2. The number of amidine groups is 1. The van der Waals surface area contributed by atoms with E-state index in [-0.39, 0.29) is 11.8 Å². The molecule has 7 heteroatoms. The third-order valence-corrected chi connectivity index (χ3v) is 6.88. The Morgan fingerprint density at radius 3 is 2.78 bits per heavy atom. The third kappa shape index (κ3) is 5.05. The fraction of sp³-hybridized carbons (Fsp3) is 0.345. The quantitative estimate of drug-likeness (QED) is 0.423. The molecule has 1 atom stereocenters. The number of imidazole rings is 1. The van der Waals surface area contributed by atoms with Crippen molar-refractivity contribution in [2.75, 3.05) is 20.3 Å². The third-order valence-electron chi connectivity index (χ3n) is 6.88. The van der Waals surface area contributed by atoms with Crippen molar-refractivity contribution in [1.29, 1.82) is 0 Å². The van der Waals surface area contributed by atoms with Gasteiger partial charge in [-0.05, 0) is 62.5 Å². The first-order chi connectivity index (χ1) is 17.5. The van der Waals surface area contributed by atoms with Crippen molar-refractivity contribution in [1.82, 2.24) is 14.5 Å². The van der Waals surface area contributed by atoms with Crippen molar-refractivity contribution in [2.45, 2.75) is 45.6 Å². The second kappa shape index (κ2) is 10.4. The first-order valence-electron chi connectivity index (χ1n) is 12.5. The van der Waals surface area contributed by atoms with Gasteiger partial charge in [0.05, 0.1) is 30.9 Å². The van der Waals surface area contributed by atoms with Gasteiger partial charge in [-0.25, -0.2) is 4.98 Å². The smallest absolute Gasteiger partial charge is 0.171 e. The van der Waals surface area contributed by atoms with E-state index < -0.39 is 0 Å². The lowest BCUT2D eigenvalue weighted by atomic mass is 9.96. The molecule has 5 rings (SSSR count). The van der Waals surface area contributed by atoms with Crippen LogP contribution < -0.4 is 4.74 Å². The van der Waals surface area contributed by atoms with Crippen LogP contribution >= 0.6 is 0 Å². The van der Waals surface area contributed by atoms with E-state index >= 15 is 0 Å². The van der Waals surface area contributed by atoms with Gasteiger partial charge in [0.2, 0.25) is 0 Å². The summed E-state index contributed by atoms with van der Waals surface area (Å²) >= 11 is 0. The number of oxime groups is 1. The van der Waals surface area contributed by atoms with Crippen LogP contribution in [0, 0.1) is 13.8 Å². The van der Waals surface area contributed by atoms with Crippen LogP contribution in [0.25, 0.3) is 11.8 Å². The number of aromatic nitrogens is 2. The number of carbonyl (C=O) groups excluding carboxylic acids is 1. The molecule has 186 valence electrons.